The number of pyridine rings is 1. The van der Waals surface area contributed by atoms with Gasteiger partial charge in [0.2, 0.25) is 17.7 Å². The number of carbonyl (C=O) groups excluding carboxylic acids is 4. The SMILES string of the molecule is [2H]C1C(=O)N(c2csc(-c3ccc(CON4C(=O)C([B])C(C)C4=O)nc3)n2)C(=O)C1C. The van der Waals surface area contributed by atoms with Gasteiger partial charge in [0.05, 0.1) is 13.5 Å². The Bertz CT molecular complexity index is 1040. The summed E-state index contributed by atoms with van der Waals surface area (Å²) in [6, 6.07) is 3.37. The Kier molecular flexibility index (Phi) is 4.91. The molecular weight excluding hydrogens is 407 g/mol. The molecule has 4 rings (SSSR count). The third-order valence-corrected chi connectivity index (χ3v) is 5.85. The van der Waals surface area contributed by atoms with Crippen LogP contribution in [0.1, 0.15) is 27.3 Å². The van der Waals surface area contributed by atoms with Gasteiger partial charge in [0.15, 0.2) is 5.82 Å². The fraction of sp³-hybridized carbons (Fsp3) is 0.368. The van der Waals surface area contributed by atoms with Crippen LogP contribution in [0.25, 0.3) is 10.6 Å². The number of hydrogen-bond acceptors (Lipinski definition) is 8. The van der Waals surface area contributed by atoms with E-state index in [1.54, 1.807) is 31.4 Å². The molecule has 2 aromatic heterocycles. The summed E-state index contributed by atoms with van der Waals surface area (Å²) in [5, 5.41) is 2.81. The molecule has 2 aliphatic heterocycles. The Morgan fingerprint density at radius 1 is 1.23 bits per heavy atom. The highest BCUT2D eigenvalue weighted by Crippen LogP contribution is 2.32. The number of amides is 4. The number of thiazole rings is 1. The van der Waals surface area contributed by atoms with E-state index in [-0.39, 0.29) is 12.4 Å². The third kappa shape index (κ3) is 3.44. The van der Waals surface area contributed by atoms with Crippen LogP contribution in [0.4, 0.5) is 5.82 Å². The lowest BCUT2D eigenvalue weighted by Crippen LogP contribution is -2.30. The van der Waals surface area contributed by atoms with Gasteiger partial charge < -0.3 is 0 Å². The van der Waals surface area contributed by atoms with E-state index in [9.17, 15) is 19.2 Å². The van der Waals surface area contributed by atoms with Gasteiger partial charge in [-0.1, -0.05) is 13.8 Å². The smallest absolute Gasteiger partial charge is 0.256 e. The minimum Gasteiger partial charge on any atom is -0.274 e. The molecule has 2 aromatic rings. The van der Waals surface area contributed by atoms with Crippen LogP contribution in [0.3, 0.4) is 0 Å². The van der Waals surface area contributed by atoms with Gasteiger partial charge in [-0.2, -0.15) is 5.06 Å². The number of hydroxylamine groups is 2. The van der Waals surface area contributed by atoms with Crippen molar-refractivity contribution in [3.05, 3.63) is 29.4 Å². The van der Waals surface area contributed by atoms with Crippen LogP contribution in [-0.4, -0.2) is 46.5 Å². The molecule has 0 spiro atoms. The van der Waals surface area contributed by atoms with E-state index in [4.69, 9.17) is 14.1 Å². The molecule has 2 fully saturated rings. The Balaban J connectivity index is 1.44. The Hall–Kier alpha value is -2.92. The first-order valence-electron chi connectivity index (χ1n) is 9.75. The fourth-order valence-electron chi connectivity index (χ4n) is 3.09. The van der Waals surface area contributed by atoms with Crippen LogP contribution in [0.2, 0.25) is 5.82 Å². The molecule has 0 bridgehead atoms. The molecule has 0 aromatic carbocycles. The number of rotatable bonds is 5. The van der Waals surface area contributed by atoms with E-state index in [1.165, 1.54) is 17.5 Å². The molecule has 0 N–H and O–H groups in total. The van der Waals surface area contributed by atoms with Crippen molar-refractivity contribution >= 4 is 48.6 Å². The Morgan fingerprint density at radius 2 is 2.00 bits per heavy atom. The van der Waals surface area contributed by atoms with Gasteiger partial charge in [-0.3, -0.25) is 29.0 Å². The van der Waals surface area contributed by atoms with Crippen molar-refractivity contribution in [3.63, 3.8) is 0 Å². The molecule has 4 amide bonds. The first-order chi connectivity index (χ1) is 14.7. The van der Waals surface area contributed by atoms with E-state index in [0.29, 0.717) is 21.3 Å². The molecule has 0 saturated carbocycles. The van der Waals surface area contributed by atoms with Crippen molar-refractivity contribution < 1.29 is 25.4 Å². The molecule has 152 valence electrons. The number of anilines is 1. The standard InChI is InChI=1S/C19H17BN4O5S/c1-9-5-14(25)23(17(9)26)13-8-30-16(22-13)11-3-4-12(21-6-11)7-29-24-18(27)10(2)15(20)19(24)28/h3-4,6,8-10,15H,5,7H2,1-2H3/i5D. The zero-order valence-corrected chi connectivity index (χ0v) is 17.0. The lowest BCUT2D eigenvalue weighted by atomic mass is 9.79. The molecule has 2 aliphatic rings. The normalized spacial score (nSPS) is 27.3. The number of aromatic nitrogens is 2. The molecular formula is C19H17BN4O5S. The maximum absolute atomic E-state index is 12.2. The molecule has 0 aliphatic carbocycles. The van der Waals surface area contributed by atoms with E-state index in [0.717, 1.165) is 4.90 Å². The molecule has 2 radical (unpaired) electrons. The van der Waals surface area contributed by atoms with Gasteiger partial charge in [-0.15, -0.1) is 11.3 Å². The van der Waals surface area contributed by atoms with Crippen molar-refractivity contribution in [2.45, 2.75) is 32.7 Å². The number of hydrogen-bond donors (Lipinski definition) is 0. The quantitative estimate of drug-likeness (QED) is 0.528. The summed E-state index contributed by atoms with van der Waals surface area (Å²) >= 11 is 1.24. The predicted octanol–water partition coefficient (Wildman–Crippen LogP) is 1.50. The van der Waals surface area contributed by atoms with Crippen molar-refractivity contribution in [3.8, 4) is 10.6 Å². The first-order valence-corrected chi connectivity index (χ1v) is 10.1. The van der Waals surface area contributed by atoms with Crippen molar-refractivity contribution in [2.24, 2.45) is 11.8 Å². The van der Waals surface area contributed by atoms with Crippen LogP contribution in [-0.2, 0) is 30.6 Å². The average Bonchev–Trinajstić information content (AvgIpc) is 3.37. The van der Waals surface area contributed by atoms with Gasteiger partial charge >= 0.3 is 0 Å². The van der Waals surface area contributed by atoms with Crippen molar-refractivity contribution in [1.29, 1.82) is 0 Å². The van der Waals surface area contributed by atoms with Crippen LogP contribution >= 0.6 is 11.3 Å². The van der Waals surface area contributed by atoms with E-state index in [1.807, 2.05) is 0 Å². The predicted molar refractivity (Wildman–Crippen MR) is 107 cm³/mol. The summed E-state index contributed by atoms with van der Waals surface area (Å²) in [5.74, 6) is -4.15. The maximum atomic E-state index is 12.2. The molecule has 30 heavy (non-hydrogen) atoms. The molecule has 4 heterocycles. The second-order valence-electron chi connectivity index (χ2n) is 7.08. The van der Waals surface area contributed by atoms with Crippen LogP contribution < -0.4 is 4.90 Å². The largest absolute Gasteiger partial charge is 0.274 e. The van der Waals surface area contributed by atoms with E-state index in [2.05, 4.69) is 9.97 Å². The zero-order chi connectivity index (χ0) is 22.4. The monoisotopic (exact) mass is 425 g/mol. The van der Waals surface area contributed by atoms with Gasteiger partial charge in [0, 0.05) is 42.6 Å². The van der Waals surface area contributed by atoms with Gasteiger partial charge in [-0.05, 0) is 12.1 Å². The van der Waals surface area contributed by atoms with Gasteiger partial charge in [0.1, 0.15) is 11.6 Å². The summed E-state index contributed by atoms with van der Waals surface area (Å²) in [6.45, 7) is 3.02. The summed E-state index contributed by atoms with van der Waals surface area (Å²) in [7, 11) is 5.67. The third-order valence-electron chi connectivity index (χ3n) is 4.97. The zero-order valence-electron chi connectivity index (χ0n) is 17.1. The van der Waals surface area contributed by atoms with Crippen molar-refractivity contribution in [2.75, 3.05) is 4.90 Å². The first kappa shape index (κ1) is 19.1. The van der Waals surface area contributed by atoms with Crippen molar-refractivity contribution in [1.82, 2.24) is 15.0 Å². The number of carbonyl (C=O) groups is 4. The summed E-state index contributed by atoms with van der Waals surface area (Å²) < 4.78 is 7.79. The lowest BCUT2D eigenvalue weighted by Gasteiger charge is -2.13. The molecule has 4 atom stereocenters. The highest BCUT2D eigenvalue weighted by atomic mass is 32.1. The molecule has 2 saturated heterocycles. The number of nitrogens with zero attached hydrogens (tertiary/aromatic N) is 4. The maximum Gasteiger partial charge on any atom is 0.256 e. The molecule has 9 nitrogen and oxygen atoms in total. The van der Waals surface area contributed by atoms with Crippen LogP contribution in [0.15, 0.2) is 23.7 Å². The number of imide groups is 2. The highest BCUT2D eigenvalue weighted by Gasteiger charge is 2.43. The van der Waals surface area contributed by atoms with Crippen LogP contribution in [0.5, 0.6) is 0 Å². The Morgan fingerprint density at radius 3 is 2.57 bits per heavy atom. The lowest BCUT2D eigenvalue weighted by molar-refractivity contribution is -0.192. The second-order valence-corrected chi connectivity index (χ2v) is 7.93. The average molecular weight is 425 g/mol. The van der Waals surface area contributed by atoms with E-state index >= 15 is 0 Å². The summed E-state index contributed by atoms with van der Waals surface area (Å²) in [5.41, 5.74) is 1.13. The van der Waals surface area contributed by atoms with E-state index < -0.39 is 47.7 Å². The fourth-order valence-corrected chi connectivity index (χ4v) is 3.87. The highest BCUT2D eigenvalue weighted by molar-refractivity contribution is 7.13. The van der Waals surface area contributed by atoms with Gasteiger partial charge in [0.25, 0.3) is 5.91 Å². The second kappa shape index (κ2) is 7.73. The molecule has 11 heteroatoms. The van der Waals surface area contributed by atoms with Crippen LogP contribution in [0, 0.1) is 11.8 Å². The Labute approximate surface area is 178 Å². The minimum absolute atomic E-state index is 0.0973. The summed E-state index contributed by atoms with van der Waals surface area (Å²) in [4.78, 5) is 63.2. The summed E-state index contributed by atoms with van der Waals surface area (Å²) in [6.07, 6.45) is 0.415. The van der Waals surface area contributed by atoms with Gasteiger partial charge in [-0.25, -0.2) is 9.88 Å². The minimum atomic E-state index is -1.12. The topological polar surface area (TPSA) is 110 Å². The molecule has 4 unspecified atom stereocenters.